The van der Waals surface area contributed by atoms with E-state index in [2.05, 4.69) is 20.4 Å². The van der Waals surface area contributed by atoms with E-state index >= 15 is 0 Å². The smallest absolute Gasteiger partial charge is 0.124 e. The van der Waals surface area contributed by atoms with Gasteiger partial charge in [-0.25, -0.2) is 0 Å². The highest BCUT2D eigenvalue weighted by Crippen LogP contribution is 2.20. The van der Waals surface area contributed by atoms with E-state index in [-0.39, 0.29) is 5.75 Å². The van der Waals surface area contributed by atoms with Crippen molar-refractivity contribution in [3.63, 3.8) is 0 Å². The van der Waals surface area contributed by atoms with Crippen LogP contribution in [0.15, 0.2) is 41.4 Å². The van der Waals surface area contributed by atoms with E-state index in [0.717, 1.165) is 22.3 Å². The first-order chi connectivity index (χ1) is 9.22. The molecule has 0 fully saturated rings. The van der Waals surface area contributed by atoms with Crippen molar-refractivity contribution < 1.29 is 5.11 Å². The molecular weight excluding hydrogens is 240 g/mol. The Morgan fingerprint density at radius 1 is 1.21 bits per heavy atom. The number of phenols is 1. The largest absolute Gasteiger partial charge is 0.507 e. The first-order valence-electron chi connectivity index (χ1n) is 5.87. The lowest BCUT2D eigenvalue weighted by Gasteiger charge is -2.00. The number of aryl methyl sites for hydroxylation is 1. The maximum absolute atomic E-state index is 9.73. The van der Waals surface area contributed by atoms with Gasteiger partial charge in [-0.05, 0) is 37.3 Å². The molecule has 3 rings (SSSR count). The third-order valence-electron chi connectivity index (χ3n) is 2.85. The van der Waals surface area contributed by atoms with Gasteiger partial charge >= 0.3 is 0 Å². The molecule has 0 aliphatic rings. The predicted octanol–water partition coefficient (Wildman–Crippen LogP) is 2.72. The number of nitrogens with one attached hydrogen (secondary N) is 1. The number of aromatic amines is 1. The molecule has 2 N–H and O–H groups in total. The molecule has 1 aromatic heterocycles. The van der Waals surface area contributed by atoms with Gasteiger partial charge in [0.05, 0.1) is 11.2 Å². The Kier molecular flexibility index (Phi) is 2.72. The van der Waals surface area contributed by atoms with Crippen LogP contribution in [0.5, 0.6) is 5.75 Å². The number of rotatable bonds is 2. The number of hydrogen-bond donors (Lipinski definition) is 2. The van der Waals surface area contributed by atoms with Gasteiger partial charge in [-0.15, -0.1) is 5.10 Å². The summed E-state index contributed by atoms with van der Waals surface area (Å²) in [4.78, 5) is 4.34. The second kappa shape index (κ2) is 4.53. The minimum atomic E-state index is 0.219. The Labute approximate surface area is 109 Å². The van der Waals surface area contributed by atoms with Crippen molar-refractivity contribution >= 4 is 22.9 Å². The summed E-state index contributed by atoms with van der Waals surface area (Å²) in [6.07, 6.45) is 1.64. The molecule has 1 heterocycles. The van der Waals surface area contributed by atoms with Gasteiger partial charge in [-0.1, -0.05) is 16.8 Å². The first kappa shape index (κ1) is 11.4. The summed E-state index contributed by atoms with van der Waals surface area (Å²) in [6.45, 7) is 1.97. The average molecular weight is 252 g/mol. The van der Waals surface area contributed by atoms with E-state index in [9.17, 15) is 5.11 Å². The van der Waals surface area contributed by atoms with Crippen LogP contribution >= 0.6 is 0 Å². The lowest BCUT2D eigenvalue weighted by Crippen LogP contribution is -1.83. The molecule has 0 bridgehead atoms. The molecule has 94 valence electrons. The van der Waals surface area contributed by atoms with E-state index in [1.807, 2.05) is 37.3 Å². The molecule has 0 aliphatic heterocycles. The SMILES string of the molecule is Cc1ccc(O)c(/C=N/c2ccc3[nH]nnc3c2)c1. The molecule has 0 saturated heterocycles. The monoisotopic (exact) mass is 252 g/mol. The molecule has 0 spiro atoms. The number of aromatic nitrogens is 3. The van der Waals surface area contributed by atoms with Crippen LogP contribution in [0.1, 0.15) is 11.1 Å². The summed E-state index contributed by atoms with van der Waals surface area (Å²) in [7, 11) is 0. The van der Waals surface area contributed by atoms with Crippen LogP contribution in [0.4, 0.5) is 5.69 Å². The second-order valence-corrected chi connectivity index (χ2v) is 4.33. The third-order valence-corrected chi connectivity index (χ3v) is 2.85. The molecule has 2 aromatic carbocycles. The minimum Gasteiger partial charge on any atom is -0.507 e. The van der Waals surface area contributed by atoms with Gasteiger partial charge in [0.2, 0.25) is 0 Å². The normalized spacial score (nSPS) is 11.4. The van der Waals surface area contributed by atoms with Crippen molar-refractivity contribution in [2.24, 2.45) is 4.99 Å². The highest BCUT2D eigenvalue weighted by Gasteiger charge is 2.00. The number of H-pyrrole nitrogens is 1. The van der Waals surface area contributed by atoms with Gasteiger partial charge in [0, 0.05) is 11.8 Å². The van der Waals surface area contributed by atoms with Crippen LogP contribution in [0.2, 0.25) is 0 Å². The van der Waals surface area contributed by atoms with Gasteiger partial charge in [0.25, 0.3) is 0 Å². The van der Waals surface area contributed by atoms with E-state index in [1.54, 1.807) is 12.3 Å². The van der Waals surface area contributed by atoms with Crippen molar-refractivity contribution in [1.82, 2.24) is 15.4 Å². The molecule has 0 radical (unpaired) electrons. The summed E-state index contributed by atoms with van der Waals surface area (Å²) in [5.41, 5.74) is 4.18. The fraction of sp³-hybridized carbons (Fsp3) is 0.0714. The van der Waals surface area contributed by atoms with Gasteiger partial charge < -0.3 is 5.11 Å². The average Bonchev–Trinajstić information content (AvgIpc) is 2.87. The van der Waals surface area contributed by atoms with Crippen LogP contribution in [-0.4, -0.2) is 26.7 Å². The quantitative estimate of drug-likeness (QED) is 0.688. The first-order valence-corrected chi connectivity index (χ1v) is 5.87. The van der Waals surface area contributed by atoms with Crippen LogP contribution in [0.25, 0.3) is 11.0 Å². The third kappa shape index (κ3) is 2.30. The molecule has 0 saturated carbocycles. The lowest BCUT2D eigenvalue weighted by atomic mass is 10.1. The zero-order chi connectivity index (χ0) is 13.2. The molecule has 5 nitrogen and oxygen atoms in total. The van der Waals surface area contributed by atoms with Gasteiger partial charge in [0.15, 0.2) is 0 Å². The fourth-order valence-electron chi connectivity index (χ4n) is 1.83. The molecule has 0 unspecified atom stereocenters. The highest BCUT2D eigenvalue weighted by molar-refractivity contribution is 5.86. The number of aliphatic imine (C=N–C) groups is 1. The lowest BCUT2D eigenvalue weighted by molar-refractivity contribution is 0.474. The number of hydrogen-bond acceptors (Lipinski definition) is 4. The van der Waals surface area contributed by atoms with Crippen molar-refractivity contribution in [3.05, 3.63) is 47.5 Å². The molecule has 0 aliphatic carbocycles. The summed E-state index contributed by atoms with van der Waals surface area (Å²) >= 11 is 0. The van der Waals surface area contributed by atoms with E-state index < -0.39 is 0 Å². The van der Waals surface area contributed by atoms with Crippen molar-refractivity contribution in [2.75, 3.05) is 0 Å². The Hall–Kier alpha value is -2.69. The maximum atomic E-state index is 9.73. The van der Waals surface area contributed by atoms with E-state index in [1.165, 1.54) is 0 Å². The zero-order valence-electron chi connectivity index (χ0n) is 10.3. The van der Waals surface area contributed by atoms with E-state index in [0.29, 0.717) is 5.56 Å². The highest BCUT2D eigenvalue weighted by atomic mass is 16.3. The second-order valence-electron chi connectivity index (χ2n) is 4.33. The van der Waals surface area contributed by atoms with Crippen LogP contribution in [0.3, 0.4) is 0 Å². The molecule has 3 aromatic rings. The maximum Gasteiger partial charge on any atom is 0.124 e. The number of aromatic hydroxyl groups is 1. The van der Waals surface area contributed by atoms with Gasteiger partial charge in [-0.2, -0.15) is 0 Å². The van der Waals surface area contributed by atoms with Crippen LogP contribution in [-0.2, 0) is 0 Å². The number of nitrogens with zero attached hydrogens (tertiary/aromatic N) is 3. The number of benzene rings is 2. The summed E-state index contributed by atoms with van der Waals surface area (Å²) in [5, 5.41) is 20.2. The summed E-state index contributed by atoms with van der Waals surface area (Å²) in [6, 6.07) is 11.0. The zero-order valence-corrected chi connectivity index (χ0v) is 10.3. The Balaban J connectivity index is 1.95. The Bertz CT molecular complexity index is 761. The molecule has 0 atom stereocenters. The molecular formula is C14H12N4O. The van der Waals surface area contributed by atoms with Crippen LogP contribution < -0.4 is 0 Å². The van der Waals surface area contributed by atoms with Crippen molar-refractivity contribution in [2.45, 2.75) is 6.92 Å². The van der Waals surface area contributed by atoms with Gasteiger partial charge in [0.1, 0.15) is 11.3 Å². The summed E-state index contributed by atoms with van der Waals surface area (Å²) < 4.78 is 0. The molecule has 5 heteroatoms. The summed E-state index contributed by atoms with van der Waals surface area (Å²) in [5.74, 6) is 0.219. The fourth-order valence-corrected chi connectivity index (χ4v) is 1.83. The Morgan fingerprint density at radius 3 is 3.00 bits per heavy atom. The number of fused-ring (bicyclic) bond motifs is 1. The predicted molar refractivity (Wildman–Crippen MR) is 74.0 cm³/mol. The minimum absolute atomic E-state index is 0.219. The Morgan fingerprint density at radius 2 is 2.11 bits per heavy atom. The number of phenolic OH excluding ortho intramolecular Hbond substituents is 1. The van der Waals surface area contributed by atoms with Crippen LogP contribution in [0, 0.1) is 6.92 Å². The van der Waals surface area contributed by atoms with Gasteiger partial charge in [-0.3, -0.25) is 10.1 Å². The molecule has 19 heavy (non-hydrogen) atoms. The topological polar surface area (TPSA) is 74.2 Å². The van der Waals surface area contributed by atoms with E-state index in [4.69, 9.17) is 0 Å². The molecule has 0 amide bonds. The standard InChI is InChI=1S/C14H12N4O/c1-9-2-5-14(19)10(6-9)8-15-11-3-4-12-13(7-11)17-18-16-12/h2-8,19H,1H3,(H,16,17,18)/b15-8+. The van der Waals surface area contributed by atoms with Crippen molar-refractivity contribution in [1.29, 1.82) is 0 Å². The van der Waals surface area contributed by atoms with Crippen molar-refractivity contribution in [3.8, 4) is 5.75 Å².